The molecule has 212 valence electrons. The standard InChI is InChI=1S/C42H27NOS/c1-2-10-28(11-3-1)29-20-22-30(23-21-29)31-12-8-13-32(26-31)43(33-24-25-35-34-14-4-6-17-38(34)44-39(35)27-33)37-16-9-19-41-42(37)36-15-5-7-18-40(36)45-41/h1-27H. The molecule has 0 fully saturated rings. The number of rotatable bonds is 5. The molecule has 0 bridgehead atoms. The minimum absolute atomic E-state index is 0.883. The van der Waals surface area contributed by atoms with E-state index < -0.39 is 0 Å². The summed E-state index contributed by atoms with van der Waals surface area (Å²) in [6.45, 7) is 0. The first-order chi connectivity index (χ1) is 22.3. The van der Waals surface area contributed by atoms with Crippen LogP contribution < -0.4 is 4.90 Å². The van der Waals surface area contributed by atoms with Crippen LogP contribution in [0.2, 0.25) is 0 Å². The Balaban J connectivity index is 1.23. The van der Waals surface area contributed by atoms with Gasteiger partial charge in [-0.25, -0.2) is 0 Å². The van der Waals surface area contributed by atoms with Gasteiger partial charge in [0.2, 0.25) is 0 Å². The summed E-state index contributed by atoms with van der Waals surface area (Å²) in [7, 11) is 0. The van der Waals surface area contributed by atoms with E-state index in [0.717, 1.165) is 39.0 Å². The summed E-state index contributed by atoms with van der Waals surface area (Å²) in [5.74, 6) is 0. The second-order valence-corrected chi connectivity index (χ2v) is 12.4. The third-order valence-electron chi connectivity index (χ3n) is 8.67. The van der Waals surface area contributed by atoms with Gasteiger partial charge in [-0.3, -0.25) is 0 Å². The Labute approximate surface area is 265 Å². The van der Waals surface area contributed by atoms with Gasteiger partial charge in [-0.15, -0.1) is 11.3 Å². The second kappa shape index (κ2) is 10.5. The zero-order chi connectivity index (χ0) is 29.7. The maximum Gasteiger partial charge on any atom is 0.137 e. The Kier molecular flexibility index (Phi) is 6.03. The van der Waals surface area contributed by atoms with Crippen LogP contribution in [0.25, 0.3) is 64.4 Å². The zero-order valence-corrected chi connectivity index (χ0v) is 25.2. The van der Waals surface area contributed by atoms with Gasteiger partial charge in [0, 0.05) is 48.4 Å². The molecule has 0 atom stereocenters. The lowest BCUT2D eigenvalue weighted by Crippen LogP contribution is -2.10. The zero-order valence-electron chi connectivity index (χ0n) is 24.4. The molecule has 0 aliphatic carbocycles. The highest BCUT2D eigenvalue weighted by Crippen LogP contribution is 2.46. The molecule has 9 aromatic rings. The second-order valence-electron chi connectivity index (χ2n) is 11.4. The van der Waals surface area contributed by atoms with E-state index in [-0.39, 0.29) is 0 Å². The molecule has 7 aromatic carbocycles. The predicted octanol–water partition coefficient (Wildman–Crippen LogP) is 12.8. The lowest BCUT2D eigenvalue weighted by Gasteiger charge is -2.27. The van der Waals surface area contributed by atoms with Gasteiger partial charge in [-0.05, 0) is 70.8 Å². The van der Waals surface area contributed by atoms with Gasteiger partial charge in [0.1, 0.15) is 11.2 Å². The summed E-state index contributed by atoms with van der Waals surface area (Å²) in [6, 6.07) is 58.5. The molecule has 0 unspecified atom stereocenters. The quantitative estimate of drug-likeness (QED) is 0.197. The molecule has 0 amide bonds. The number of nitrogens with zero attached hydrogens (tertiary/aromatic N) is 1. The van der Waals surface area contributed by atoms with Crippen molar-refractivity contribution in [2.45, 2.75) is 0 Å². The van der Waals surface area contributed by atoms with E-state index in [1.165, 1.54) is 42.4 Å². The molecule has 9 rings (SSSR count). The first-order valence-electron chi connectivity index (χ1n) is 15.2. The summed E-state index contributed by atoms with van der Waals surface area (Å²) in [4.78, 5) is 2.38. The van der Waals surface area contributed by atoms with Crippen LogP contribution in [0.4, 0.5) is 17.1 Å². The number of thiophene rings is 1. The minimum atomic E-state index is 0.883. The maximum atomic E-state index is 6.37. The average molecular weight is 594 g/mol. The Hall–Kier alpha value is -5.64. The summed E-state index contributed by atoms with van der Waals surface area (Å²) >= 11 is 1.84. The third-order valence-corrected chi connectivity index (χ3v) is 9.81. The molecule has 2 nitrogen and oxygen atoms in total. The van der Waals surface area contributed by atoms with E-state index in [9.17, 15) is 0 Å². The van der Waals surface area contributed by atoms with Crippen molar-refractivity contribution in [3.05, 3.63) is 164 Å². The van der Waals surface area contributed by atoms with Gasteiger partial charge in [-0.1, -0.05) is 109 Å². The first-order valence-corrected chi connectivity index (χ1v) is 16.0. The van der Waals surface area contributed by atoms with Gasteiger partial charge in [0.25, 0.3) is 0 Å². The van der Waals surface area contributed by atoms with Crippen LogP contribution in [0.1, 0.15) is 0 Å². The minimum Gasteiger partial charge on any atom is -0.456 e. The van der Waals surface area contributed by atoms with E-state index >= 15 is 0 Å². The number of hydrogen-bond acceptors (Lipinski definition) is 3. The molecule has 0 saturated carbocycles. The lowest BCUT2D eigenvalue weighted by atomic mass is 9.99. The van der Waals surface area contributed by atoms with Crippen molar-refractivity contribution in [3.8, 4) is 22.3 Å². The third kappa shape index (κ3) is 4.40. The maximum absolute atomic E-state index is 6.37. The van der Waals surface area contributed by atoms with Crippen molar-refractivity contribution in [1.82, 2.24) is 0 Å². The van der Waals surface area contributed by atoms with E-state index in [0.29, 0.717) is 0 Å². The van der Waals surface area contributed by atoms with Gasteiger partial charge in [-0.2, -0.15) is 0 Å². The highest BCUT2D eigenvalue weighted by atomic mass is 32.1. The molecule has 0 spiro atoms. The van der Waals surface area contributed by atoms with Crippen LogP contribution in [-0.2, 0) is 0 Å². The van der Waals surface area contributed by atoms with E-state index in [1.807, 2.05) is 23.5 Å². The number of fused-ring (bicyclic) bond motifs is 6. The fourth-order valence-corrected chi connectivity index (χ4v) is 7.66. The molecule has 0 aliphatic rings. The van der Waals surface area contributed by atoms with Gasteiger partial charge in [0.05, 0.1) is 5.69 Å². The van der Waals surface area contributed by atoms with Crippen LogP contribution in [-0.4, -0.2) is 0 Å². The van der Waals surface area contributed by atoms with Crippen LogP contribution in [0.3, 0.4) is 0 Å². The summed E-state index contributed by atoms with van der Waals surface area (Å²) in [5, 5.41) is 4.80. The van der Waals surface area contributed by atoms with Crippen molar-refractivity contribution in [2.24, 2.45) is 0 Å². The first kappa shape index (κ1) is 25.8. The van der Waals surface area contributed by atoms with Gasteiger partial charge >= 0.3 is 0 Å². The van der Waals surface area contributed by atoms with E-state index in [1.54, 1.807) is 0 Å². The van der Waals surface area contributed by atoms with Crippen LogP contribution in [0.5, 0.6) is 0 Å². The molecule has 2 heterocycles. The van der Waals surface area contributed by atoms with Crippen molar-refractivity contribution in [2.75, 3.05) is 4.90 Å². The van der Waals surface area contributed by atoms with Crippen molar-refractivity contribution >= 4 is 70.5 Å². The number of furan rings is 1. The van der Waals surface area contributed by atoms with E-state index in [2.05, 4.69) is 157 Å². The topological polar surface area (TPSA) is 16.4 Å². The molecule has 3 heteroatoms. The van der Waals surface area contributed by atoms with Crippen molar-refractivity contribution < 1.29 is 4.42 Å². The van der Waals surface area contributed by atoms with Gasteiger partial charge < -0.3 is 9.32 Å². The number of benzene rings is 7. The van der Waals surface area contributed by atoms with Crippen LogP contribution >= 0.6 is 11.3 Å². The highest BCUT2D eigenvalue weighted by Gasteiger charge is 2.20. The van der Waals surface area contributed by atoms with Crippen molar-refractivity contribution in [1.29, 1.82) is 0 Å². The summed E-state index contributed by atoms with van der Waals surface area (Å²) in [6.07, 6.45) is 0. The molecule has 0 saturated heterocycles. The SMILES string of the molecule is c1ccc(-c2ccc(-c3cccc(N(c4ccc5c(c4)oc4ccccc45)c4cccc5sc6ccccc6c45)c3)cc2)cc1. The molecule has 0 N–H and O–H groups in total. The Morgan fingerprint density at radius 2 is 1.02 bits per heavy atom. The molecular weight excluding hydrogens is 567 g/mol. The smallest absolute Gasteiger partial charge is 0.137 e. The monoisotopic (exact) mass is 593 g/mol. The lowest BCUT2D eigenvalue weighted by molar-refractivity contribution is 0.669. The number of anilines is 3. The Morgan fingerprint density at radius 3 is 1.89 bits per heavy atom. The molecular formula is C42H27NOS. The molecule has 2 aromatic heterocycles. The summed E-state index contributed by atoms with van der Waals surface area (Å²) < 4.78 is 8.94. The van der Waals surface area contributed by atoms with E-state index in [4.69, 9.17) is 4.42 Å². The fourth-order valence-electron chi connectivity index (χ4n) is 6.53. The average Bonchev–Trinajstić information content (AvgIpc) is 3.67. The largest absolute Gasteiger partial charge is 0.456 e. The Bertz CT molecular complexity index is 2490. The number of para-hydroxylation sites is 1. The number of hydrogen-bond donors (Lipinski definition) is 0. The van der Waals surface area contributed by atoms with Gasteiger partial charge in [0.15, 0.2) is 0 Å². The summed E-state index contributed by atoms with van der Waals surface area (Å²) in [5.41, 5.74) is 9.88. The molecule has 0 aliphatic heterocycles. The molecule has 45 heavy (non-hydrogen) atoms. The normalized spacial score (nSPS) is 11.6. The molecule has 0 radical (unpaired) electrons. The van der Waals surface area contributed by atoms with Crippen LogP contribution in [0, 0.1) is 0 Å². The predicted molar refractivity (Wildman–Crippen MR) is 192 cm³/mol. The Morgan fingerprint density at radius 1 is 0.400 bits per heavy atom. The fraction of sp³-hybridized carbons (Fsp3) is 0. The van der Waals surface area contributed by atoms with Crippen molar-refractivity contribution in [3.63, 3.8) is 0 Å². The highest BCUT2D eigenvalue weighted by molar-refractivity contribution is 7.26. The van der Waals surface area contributed by atoms with Crippen LogP contribution in [0.15, 0.2) is 168 Å².